The third kappa shape index (κ3) is 2.96. The zero-order chi connectivity index (χ0) is 12.3. The van der Waals surface area contributed by atoms with Gasteiger partial charge in [-0.2, -0.15) is 13.2 Å². The first-order chi connectivity index (χ1) is 7.38. The minimum absolute atomic E-state index is 0.359. The Morgan fingerprint density at radius 2 is 1.62 bits per heavy atom. The predicted molar refractivity (Wildman–Crippen MR) is 52.9 cm³/mol. The highest BCUT2D eigenvalue weighted by atomic mass is 19.4. The van der Waals surface area contributed by atoms with E-state index in [1.165, 1.54) is 14.2 Å². The lowest BCUT2D eigenvalue weighted by Gasteiger charge is -2.16. The molecule has 1 aromatic rings. The summed E-state index contributed by atoms with van der Waals surface area (Å²) in [7, 11) is 2.76. The quantitative estimate of drug-likeness (QED) is 0.747. The van der Waals surface area contributed by atoms with Gasteiger partial charge >= 0.3 is 6.18 Å². The van der Waals surface area contributed by atoms with Gasteiger partial charge in [-0.25, -0.2) is 0 Å². The minimum Gasteiger partial charge on any atom is -0.352 e. The zero-order valence-corrected chi connectivity index (χ0v) is 9.26. The van der Waals surface area contributed by atoms with E-state index in [2.05, 4.69) is 0 Å². The van der Waals surface area contributed by atoms with Gasteiger partial charge in [0.05, 0.1) is 5.56 Å². The van der Waals surface area contributed by atoms with Crippen molar-refractivity contribution >= 4 is 0 Å². The molecule has 0 bridgehead atoms. The van der Waals surface area contributed by atoms with E-state index < -0.39 is 18.0 Å². The fraction of sp³-hybridized carbons (Fsp3) is 0.455. The molecule has 0 amide bonds. The van der Waals surface area contributed by atoms with Gasteiger partial charge in [0.15, 0.2) is 6.29 Å². The average molecular weight is 234 g/mol. The van der Waals surface area contributed by atoms with Crippen molar-refractivity contribution in [2.24, 2.45) is 0 Å². The van der Waals surface area contributed by atoms with Crippen LogP contribution in [0.1, 0.15) is 23.0 Å². The summed E-state index contributed by atoms with van der Waals surface area (Å²) in [6, 6.07) is 3.73. The van der Waals surface area contributed by atoms with Crippen LogP contribution < -0.4 is 0 Å². The molecule has 0 aliphatic carbocycles. The summed E-state index contributed by atoms with van der Waals surface area (Å²) < 4.78 is 47.4. The summed E-state index contributed by atoms with van der Waals surface area (Å²) in [5.74, 6) is 0. The highest BCUT2D eigenvalue weighted by Crippen LogP contribution is 2.32. The molecule has 0 fully saturated rings. The van der Waals surface area contributed by atoms with Gasteiger partial charge in [-0.15, -0.1) is 0 Å². The monoisotopic (exact) mass is 234 g/mol. The number of ether oxygens (including phenoxy) is 2. The fourth-order valence-electron chi connectivity index (χ4n) is 1.48. The van der Waals surface area contributed by atoms with Gasteiger partial charge in [0.1, 0.15) is 0 Å². The van der Waals surface area contributed by atoms with Crippen LogP contribution in [0.25, 0.3) is 0 Å². The molecule has 0 spiro atoms. The molecule has 0 unspecified atom stereocenters. The SMILES string of the molecule is COC(OC)c1cc(C)cc(C(F)(F)F)c1. The van der Waals surface area contributed by atoms with Crippen molar-refractivity contribution in [1.29, 1.82) is 0 Å². The van der Waals surface area contributed by atoms with Gasteiger partial charge in [0, 0.05) is 19.8 Å². The van der Waals surface area contributed by atoms with Crippen molar-refractivity contribution in [2.45, 2.75) is 19.4 Å². The van der Waals surface area contributed by atoms with Crippen LogP contribution in [0.15, 0.2) is 18.2 Å². The largest absolute Gasteiger partial charge is 0.416 e. The lowest BCUT2D eigenvalue weighted by Crippen LogP contribution is -2.09. The van der Waals surface area contributed by atoms with Crippen LogP contribution in [-0.2, 0) is 15.7 Å². The highest BCUT2D eigenvalue weighted by molar-refractivity contribution is 5.31. The van der Waals surface area contributed by atoms with E-state index in [9.17, 15) is 13.2 Å². The predicted octanol–water partition coefficient (Wildman–Crippen LogP) is 3.31. The lowest BCUT2D eigenvalue weighted by atomic mass is 10.1. The molecule has 0 heterocycles. The molecule has 1 aromatic carbocycles. The molecule has 0 aromatic heterocycles. The van der Waals surface area contributed by atoms with Gasteiger partial charge in [-0.1, -0.05) is 11.6 Å². The third-order valence-electron chi connectivity index (χ3n) is 2.13. The van der Waals surface area contributed by atoms with Crippen LogP contribution in [0.5, 0.6) is 0 Å². The van der Waals surface area contributed by atoms with Crippen molar-refractivity contribution < 1.29 is 22.6 Å². The first kappa shape index (κ1) is 13.0. The fourth-order valence-corrected chi connectivity index (χ4v) is 1.48. The van der Waals surface area contributed by atoms with Crippen LogP contribution in [0.3, 0.4) is 0 Å². The van der Waals surface area contributed by atoms with Crippen molar-refractivity contribution in [3.8, 4) is 0 Å². The summed E-state index contributed by atoms with van der Waals surface area (Å²) in [4.78, 5) is 0. The average Bonchev–Trinajstić information content (AvgIpc) is 2.17. The van der Waals surface area contributed by atoms with Crippen molar-refractivity contribution in [2.75, 3.05) is 14.2 Å². The highest BCUT2D eigenvalue weighted by Gasteiger charge is 2.31. The lowest BCUT2D eigenvalue weighted by molar-refractivity contribution is -0.138. The van der Waals surface area contributed by atoms with E-state index in [1.807, 2.05) is 0 Å². The molecule has 0 radical (unpaired) electrons. The summed E-state index contributed by atoms with van der Waals surface area (Å²) in [5.41, 5.74) is 0.183. The number of aryl methyl sites for hydroxylation is 1. The summed E-state index contributed by atoms with van der Waals surface area (Å²) in [6.07, 6.45) is -5.13. The van der Waals surface area contributed by atoms with E-state index >= 15 is 0 Å². The summed E-state index contributed by atoms with van der Waals surface area (Å²) in [6.45, 7) is 1.60. The van der Waals surface area contributed by atoms with Crippen LogP contribution in [0.2, 0.25) is 0 Å². The second-order valence-corrected chi connectivity index (χ2v) is 3.43. The Bertz CT molecular complexity index is 357. The normalized spacial score (nSPS) is 12.2. The van der Waals surface area contributed by atoms with Gasteiger partial charge in [-0.3, -0.25) is 0 Å². The third-order valence-corrected chi connectivity index (χ3v) is 2.13. The number of halogens is 3. The molecular weight excluding hydrogens is 221 g/mol. The Morgan fingerprint density at radius 1 is 1.06 bits per heavy atom. The maximum Gasteiger partial charge on any atom is 0.416 e. The maximum absolute atomic E-state index is 12.5. The first-order valence-corrected chi connectivity index (χ1v) is 4.63. The van der Waals surface area contributed by atoms with Gasteiger partial charge in [-0.05, 0) is 19.1 Å². The molecule has 2 nitrogen and oxygen atoms in total. The number of alkyl halides is 3. The van der Waals surface area contributed by atoms with E-state index in [0.29, 0.717) is 11.1 Å². The zero-order valence-electron chi connectivity index (χ0n) is 9.26. The standard InChI is InChI=1S/C11H13F3O2/c1-7-4-8(10(15-2)16-3)6-9(5-7)11(12,13)14/h4-6,10H,1-3H3. The molecule has 0 aliphatic heterocycles. The topological polar surface area (TPSA) is 18.5 Å². The van der Waals surface area contributed by atoms with Gasteiger partial charge in [0.25, 0.3) is 0 Å². The molecule has 0 atom stereocenters. The maximum atomic E-state index is 12.5. The Kier molecular flexibility index (Phi) is 3.93. The summed E-state index contributed by atoms with van der Waals surface area (Å²) in [5, 5.41) is 0. The van der Waals surface area contributed by atoms with E-state index in [1.54, 1.807) is 13.0 Å². The minimum atomic E-state index is -4.35. The Hall–Kier alpha value is -1.07. The van der Waals surface area contributed by atoms with E-state index in [4.69, 9.17) is 9.47 Å². The molecule has 5 heteroatoms. The van der Waals surface area contributed by atoms with Crippen molar-refractivity contribution in [3.05, 3.63) is 34.9 Å². The van der Waals surface area contributed by atoms with Crippen LogP contribution in [-0.4, -0.2) is 14.2 Å². The Balaban J connectivity index is 3.17. The molecule has 0 saturated carbocycles. The molecule has 0 aliphatic rings. The number of benzene rings is 1. The van der Waals surface area contributed by atoms with E-state index in [0.717, 1.165) is 12.1 Å². The second kappa shape index (κ2) is 4.84. The first-order valence-electron chi connectivity index (χ1n) is 4.63. The molecule has 90 valence electrons. The number of methoxy groups -OCH3 is 2. The number of rotatable bonds is 3. The molecule has 1 rings (SSSR count). The second-order valence-electron chi connectivity index (χ2n) is 3.43. The smallest absolute Gasteiger partial charge is 0.352 e. The Morgan fingerprint density at radius 3 is 2.06 bits per heavy atom. The molecule has 0 saturated heterocycles. The van der Waals surface area contributed by atoms with Crippen LogP contribution in [0, 0.1) is 6.92 Å². The molecule has 0 N–H and O–H groups in total. The number of hydrogen-bond acceptors (Lipinski definition) is 2. The van der Waals surface area contributed by atoms with Crippen LogP contribution in [0.4, 0.5) is 13.2 Å². The van der Waals surface area contributed by atoms with Crippen molar-refractivity contribution in [1.82, 2.24) is 0 Å². The molecule has 16 heavy (non-hydrogen) atoms. The van der Waals surface area contributed by atoms with Gasteiger partial charge in [0.2, 0.25) is 0 Å². The Labute approximate surface area is 92.0 Å². The molecular formula is C11H13F3O2. The van der Waals surface area contributed by atoms with Gasteiger partial charge < -0.3 is 9.47 Å². The number of hydrogen-bond donors (Lipinski definition) is 0. The summed E-state index contributed by atoms with van der Waals surface area (Å²) >= 11 is 0. The van der Waals surface area contributed by atoms with Crippen molar-refractivity contribution in [3.63, 3.8) is 0 Å². The van der Waals surface area contributed by atoms with E-state index in [-0.39, 0.29) is 0 Å². The van der Waals surface area contributed by atoms with Crippen LogP contribution >= 0.6 is 0 Å².